The van der Waals surface area contributed by atoms with Crippen LogP contribution in [0.3, 0.4) is 0 Å². The van der Waals surface area contributed by atoms with Gasteiger partial charge < -0.3 is 0 Å². The van der Waals surface area contributed by atoms with Gasteiger partial charge in [0.05, 0.1) is 0 Å². The quantitative estimate of drug-likeness (QED) is 0.431. The van der Waals surface area contributed by atoms with Crippen LogP contribution in [0.15, 0.2) is 81.5 Å². The number of hydrogen-bond acceptors (Lipinski definition) is 3. The van der Waals surface area contributed by atoms with Gasteiger partial charge in [-0.2, -0.15) is 0 Å². The van der Waals surface area contributed by atoms with Crippen LogP contribution in [0.1, 0.15) is 0 Å². The second-order valence-corrected chi connectivity index (χ2v) is 6.21. The van der Waals surface area contributed by atoms with E-state index in [1.165, 1.54) is 23.9 Å². The van der Waals surface area contributed by atoms with Crippen LogP contribution in [-0.4, -0.2) is 4.98 Å². The summed E-state index contributed by atoms with van der Waals surface area (Å²) >= 11 is 10.8. The zero-order valence-corrected chi connectivity index (χ0v) is 14.3. The molecule has 0 saturated carbocycles. The minimum absolute atomic E-state index is 0.246. The molecule has 1 aromatic heterocycles. The van der Waals surface area contributed by atoms with Crippen molar-refractivity contribution < 1.29 is 8.78 Å². The third-order valence-corrected chi connectivity index (χ3v) is 4.15. The lowest BCUT2D eigenvalue weighted by molar-refractivity contribution is 0.601. The summed E-state index contributed by atoms with van der Waals surface area (Å²) in [5.74, 6) is -0.514. The Morgan fingerprint density at radius 2 is 1.48 bits per heavy atom. The van der Waals surface area contributed by atoms with Crippen LogP contribution >= 0.6 is 36.0 Å². The van der Waals surface area contributed by atoms with E-state index in [0.29, 0.717) is 20.0 Å². The van der Waals surface area contributed by atoms with Crippen molar-refractivity contribution in [3.05, 3.63) is 83.5 Å². The van der Waals surface area contributed by atoms with E-state index in [1.807, 2.05) is 0 Å². The van der Waals surface area contributed by atoms with E-state index in [0.717, 1.165) is 0 Å². The molecule has 23 heavy (non-hydrogen) atoms. The molecule has 1 nitrogen and oxygen atoms in total. The summed E-state index contributed by atoms with van der Waals surface area (Å²) in [5, 5.41) is 1.10. The Morgan fingerprint density at radius 1 is 0.826 bits per heavy atom. The average molecular weight is 368 g/mol. The maximum absolute atomic E-state index is 13.3. The lowest BCUT2D eigenvalue weighted by Crippen LogP contribution is -1.83. The Morgan fingerprint density at radius 3 is 2.04 bits per heavy atom. The molecule has 118 valence electrons. The molecule has 0 aliphatic carbocycles. The number of thiol groups is 1. The zero-order chi connectivity index (χ0) is 16.7. The minimum atomic E-state index is -0.268. The van der Waals surface area contributed by atoms with E-state index < -0.39 is 0 Å². The van der Waals surface area contributed by atoms with Crippen LogP contribution in [0.4, 0.5) is 8.78 Å². The Balaban J connectivity index is 0.000000203. The third-order valence-electron chi connectivity index (χ3n) is 2.59. The molecule has 1 heterocycles. The number of pyridine rings is 1. The molecule has 0 spiro atoms. The topological polar surface area (TPSA) is 12.9 Å². The molecule has 0 amide bonds. The Labute approximate surface area is 148 Å². The summed E-state index contributed by atoms with van der Waals surface area (Å²) < 4.78 is 25.5. The molecule has 0 radical (unpaired) electrons. The number of aromatic nitrogens is 1. The second-order valence-electron chi connectivity index (χ2n) is 4.28. The fourth-order valence-corrected chi connectivity index (χ4v) is 2.74. The van der Waals surface area contributed by atoms with E-state index in [1.54, 1.807) is 54.6 Å². The van der Waals surface area contributed by atoms with Gasteiger partial charge in [0.1, 0.15) is 21.8 Å². The molecule has 0 aliphatic rings. The Kier molecular flexibility index (Phi) is 6.89. The molecule has 2 aromatic carbocycles. The molecule has 3 rings (SSSR count). The summed E-state index contributed by atoms with van der Waals surface area (Å²) in [4.78, 5) is 5.02. The van der Waals surface area contributed by atoms with Crippen molar-refractivity contribution in [1.82, 2.24) is 4.98 Å². The van der Waals surface area contributed by atoms with Crippen molar-refractivity contribution in [3.8, 4) is 0 Å². The van der Waals surface area contributed by atoms with Crippen LogP contribution < -0.4 is 0 Å². The summed E-state index contributed by atoms with van der Waals surface area (Å²) in [6.07, 6.45) is 0. The van der Waals surface area contributed by atoms with Gasteiger partial charge in [0.2, 0.25) is 0 Å². The third kappa shape index (κ3) is 5.86. The van der Waals surface area contributed by atoms with Crippen molar-refractivity contribution >= 4 is 36.0 Å². The lowest BCUT2D eigenvalue weighted by atomic mass is 10.3. The van der Waals surface area contributed by atoms with E-state index in [-0.39, 0.29) is 11.6 Å². The van der Waals surface area contributed by atoms with Gasteiger partial charge in [-0.3, -0.25) is 0 Å². The summed E-state index contributed by atoms with van der Waals surface area (Å²) in [7, 11) is 0. The van der Waals surface area contributed by atoms with Gasteiger partial charge in [-0.25, -0.2) is 13.8 Å². The van der Waals surface area contributed by atoms with E-state index in [9.17, 15) is 8.78 Å². The standard InChI is InChI=1S/C11H7ClFNS.C6H5FS/c12-10-6-3-7-11(14-10)15-9-5-2-1-4-8(9)13;7-5-3-1-2-4-6(5)8/h1-7H;1-4,8H. The Hall–Kier alpha value is -1.56. The van der Waals surface area contributed by atoms with Crippen molar-refractivity contribution in [1.29, 1.82) is 0 Å². The maximum atomic E-state index is 13.3. The molecule has 0 atom stereocenters. The van der Waals surface area contributed by atoms with Crippen LogP contribution in [0, 0.1) is 11.6 Å². The number of hydrogen-bond donors (Lipinski definition) is 1. The van der Waals surface area contributed by atoms with Gasteiger partial charge >= 0.3 is 0 Å². The first-order chi connectivity index (χ1) is 11.1. The first-order valence-electron chi connectivity index (χ1n) is 6.54. The van der Waals surface area contributed by atoms with E-state index in [4.69, 9.17) is 11.6 Å². The zero-order valence-electron chi connectivity index (χ0n) is 11.8. The number of halogens is 3. The molecule has 0 fully saturated rings. The highest BCUT2D eigenvalue weighted by atomic mass is 35.5. The highest BCUT2D eigenvalue weighted by molar-refractivity contribution is 7.99. The first kappa shape index (κ1) is 17.8. The summed E-state index contributed by atoms with van der Waals surface area (Å²) in [5.41, 5.74) is 0. The van der Waals surface area contributed by atoms with E-state index >= 15 is 0 Å². The molecule has 0 N–H and O–H groups in total. The Bertz CT molecular complexity index is 763. The smallest absolute Gasteiger partial charge is 0.137 e. The van der Waals surface area contributed by atoms with Gasteiger partial charge in [-0.1, -0.05) is 53.7 Å². The van der Waals surface area contributed by atoms with Crippen LogP contribution in [0.25, 0.3) is 0 Å². The van der Waals surface area contributed by atoms with Gasteiger partial charge in [-0.15, -0.1) is 12.6 Å². The highest BCUT2D eigenvalue weighted by Crippen LogP contribution is 2.28. The van der Waals surface area contributed by atoms with Gasteiger partial charge in [-0.05, 0) is 36.4 Å². The predicted octanol–water partition coefficient (Wildman–Crippen LogP) is 6.14. The summed E-state index contributed by atoms with van der Waals surface area (Å²) in [6.45, 7) is 0. The largest absolute Gasteiger partial charge is 0.229 e. The molecule has 0 bridgehead atoms. The molecular weight excluding hydrogens is 356 g/mol. The van der Waals surface area contributed by atoms with Crippen molar-refractivity contribution in [2.75, 3.05) is 0 Å². The molecule has 3 aromatic rings. The van der Waals surface area contributed by atoms with Crippen LogP contribution in [0.2, 0.25) is 5.15 Å². The van der Waals surface area contributed by atoms with Crippen LogP contribution in [-0.2, 0) is 0 Å². The second kappa shape index (κ2) is 8.91. The molecular formula is C17H12ClF2NS2. The SMILES string of the molecule is Fc1ccccc1S.Fc1ccccc1Sc1cccc(Cl)n1. The molecule has 0 aliphatic heterocycles. The van der Waals surface area contributed by atoms with Crippen LogP contribution in [0.5, 0.6) is 0 Å². The minimum Gasteiger partial charge on any atom is -0.229 e. The maximum Gasteiger partial charge on any atom is 0.137 e. The summed E-state index contributed by atoms with van der Waals surface area (Å²) in [6, 6.07) is 18.2. The lowest BCUT2D eigenvalue weighted by Gasteiger charge is -2.01. The van der Waals surface area contributed by atoms with Gasteiger partial charge in [0.25, 0.3) is 0 Å². The molecule has 0 saturated heterocycles. The number of benzene rings is 2. The monoisotopic (exact) mass is 367 g/mol. The average Bonchev–Trinajstić information content (AvgIpc) is 2.53. The van der Waals surface area contributed by atoms with Gasteiger partial charge in [0.15, 0.2) is 0 Å². The number of rotatable bonds is 2. The van der Waals surface area contributed by atoms with E-state index in [2.05, 4.69) is 17.6 Å². The van der Waals surface area contributed by atoms with Crippen molar-refractivity contribution in [2.45, 2.75) is 14.8 Å². The molecule has 6 heteroatoms. The predicted molar refractivity (Wildman–Crippen MR) is 93.4 cm³/mol. The highest BCUT2D eigenvalue weighted by Gasteiger charge is 2.04. The fraction of sp³-hybridized carbons (Fsp3) is 0. The normalized spacial score (nSPS) is 9.91. The van der Waals surface area contributed by atoms with Crippen molar-refractivity contribution in [3.63, 3.8) is 0 Å². The first-order valence-corrected chi connectivity index (χ1v) is 8.19. The molecule has 0 unspecified atom stereocenters. The number of nitrogens with zero attached hydrogens (tertiary/aromatic N) is 1. The van der Waals surface area contributed by atoms with Gasteiger partial charge in [0, 0.05) is 9.79 Å². The fourth-order valence-electron chi connectivity index (χ4n) is 1.54. The van der Waals surface area contributed by atoms with Crippen molar-refractivity contribution in [2.24, 2.45) is 0 Å².